The van der Waals surface area contributed by atoms with E-state index in [0.717, 1.165) is 12.3 Å². The Morgan fingerprint density at radius 3 is 2.75 bits per heavy atom. The molecule has 0 unspecified atom stereocenters. The van der Waals surface area contributed by atoms with Crippen LogP contribution in [0.25, 0.3) is 5.52 Å². The van der Waals surface area contributed by atoms with Gasteiger partial charge in [-0.2, -0.15) is 5.10 Å². The highest BCUT2D eigenvalue weighted by molar-refractivity contribution is 5.95. The van der Waals surface area contributed by atoms with E-state index in [2.05, 4.69) is 11.2 Å². The van der Waals surface area contributed by atoms with E-state index in [-0.39, 0.29) is 5.56 Å². The van der Waals surface area contributed by atoms with Crippen LogP contribution in [0.4, 0.5) is 0 Å². The first-order chi connectivity index (χ1) is 9.74. The van der Waals surface area contributed by atoms with Crippen molar-refractivity contribution in [3.05, 3.63) is 35.7 Å². The van der Waals surface area contributed by atoms with Gasteiger partial charge in [0.1, 0.15) is 5.56 Å². The molecule has 0 spiro atoms. The second-order valence-electron chi connectivity index (χ2n) is 5.79. The number of carboxylic acids is 1. The molecule has 20 heavy (non-hydrogen) atoms. The van der Waals surface area contributed by atoms with E-state index in [1.54, 1.807) is 4.52 Å². The Morgan fingerprint density at radius 2 is 2.05 bits per heavy atom. The Balaban J connectivity index is 1.84. The molecule has 106 valence electrons. The van der Waals surface area contributed by atoms with Crippen molar-refractivity contribution in [2.24, 2.45) is 5.92 Å². The largest absolute Gasteiger partial charge is 0.478 e. The normalized spacial score (nSPS) is 17.2. The molecule has 1 saturated carbocycles. The predicted octanol–water partition coefficient (Wildman–Crippen LogP) is 3.55. The smallest absolute Gasteiger partial charge is 0.339 e. The maximum atomic E-state index is 11.2. The molecule has 0 saturated heterocycles. The minimum atomic E-state index is -0.911. The number of aromatic carboxylic acids is 1. The van der Waals surface area contributed by atoms with E-state index in [1.165, 1.54) is 50.3 Å². The van der Waals surface area contributed by atoms with Crippen LogP contribution < -0.4 is 0 Å². The Hall–Kier alpha value is -1.84. The zero-order chi connectivity index (χ0) is 13.9. The standard InChI is InChI=1S/C16H20N2O2/c19-16(20)14-11-17-18-8-7-13(10-15(14)18)9-12-5-3-1-2-4-6-12/h7-8,10-12H,1-6,9H2,(H,19,20). The molecule has 2 heterocycles. The second-order valence-corrected chi connectivity index (χ2v) is 5.79. The zero-order valence-electron chi connectivity index (χ0n) is 11.6. The Bertz CT molecular complexity index is 610. The van der Waals surface area contributed by atoms with Gasteiger partial charge in [-0.3, -0.25) is 0 Å². The first-order valence-electron chi connectivity index (χ1n) is 7.43. The minimum absolute atomic E-state index is 0.285. The van der Waals surface area contributed by atoms with Crippen LogP contribution in [0.15, 0.2) is 24.5 Å². The quantitative estimate of drug-likeness (QED) is 0.869. The summed E-state index contributed by atoms with van der Waals surface area (Å²) in [6.07, 6.45) is 12.3. The van der Waals surface area contributed by atoms with E-state index < -0.39 is 5.97 Å². The molecule has 0 aromatic carbocycles. The number of carbonyl (C=O) groups is 1. The van der Waals surface area contributed by atoms with Gasteiger partial charge in [-0.15, -0.1) is 0 Å². The van der Waals surface area contributed by atoms with E-state index in [4.69, 9.17) is 5.11 Å². The lowest BCUT2D eigenvalue weighted by Crippen LogP contribution is -2.04. The molecule has 2 aromatic heterocycles. The summed E-state index contributed by atoms with van der Waals surface area (Å²) in [6.45, 7) is 0. The lowest BCUT2D eigenvalue weighted by Gasteiger charge is -2.14. The molecule has 1 aliphatic carbocycles. The van der Waals surface area contributed by atoms with E-state index in [9.17, 15) is 4.79 Å². The molecule has 0 atom stereocenters. The number of pyridine rings is 1. The third kappa shape index (κ3) is 2.69. The summed E-state index contributed by atoms with van der Waals surface area (Å²) in [5.74, 6) is -0.164. The number of hydrogen-bond acceptors (Lipinski definition) is 2. The topological polar surface area (TPSA) is 54.6 Å². The van der Waals surface area contributed by atoms with Gasteiger partial charge in [0.25, 0.3) is 0 Å². The summed E-state index contributed by atoms with van der Waals surface area (Å²) in [5.41, 5.74) is 2.21. The van der Waals surface area contributed by atoms with Crippen molar-refractivity contribution in [3.63, 3.8) is 0 Å². The van der Waals surface area contributed by atoms with E-state index >= 15 is 0 Å². The summed E-state index contributed by atoms with van der Waals surface area (Å²) in [5, 5.41) is 13.2. The van der Waals surface area contributed by atoms with Gasteiger partial charge in [0.05, 0.1) is 11.7 Å². The van der Waals surface area contributed by atoms with Crippen molar-refractivity contribution in [3.8, 4) is 0 Å². The van der Waals surface area contributed by atoms with Crippen LogP contribution in [0.3, 0.4) is 0 Å². The highest BCUT2D eigenvalue weighted by Crippen LogP contribution is 2.26. The minimum Gasteiger partial charge on any atom is -0.478 e. The molecular weight excluding hydrogens is 252 g/mol. The lowest BCUT2D eigenvalue weighted by atomic mass is 9.93. The summed E-state index contributed by atoms with van der Waals surface area (Å²) in [4.78, 5) is 11.2. The van der Waals surface area contributed by atoms with Crippen LogP contribution in [-0.2, 0) is 6.42 Å². The first-order valence-corrected chi connectivity index (χ1v) is 7.43. The van der Waals surface area contributed by atoms with Crippen molar-refractivity contribution in [1.29, 1.82) is 0 Å². The zero-order valence-corrected chi connectivity index (χ0v) is 11.6. The van der Waals surface area contributed by atoms with Crippen LogP contribution >= 0.6 is 0 Å². The third-order valence-corrected chi connectivity index (χ3v) is 4.32. The molecular formula is C16H20N2O2. The number of aromatic nitrogens is 2. The van der Waals surface area contributed by atoms with Gasteiger partial charge in [-0.25, -0.2) is 9.31 Å². The van der Waals surface area contributed by atoms with Crippen molar-refractivity contribution in [2.75, 3.05) is 0 Å². The van der Waals surface area contributed by atoms with E-state index in [1.807, 2.05) is 12.3 Å². The van der Waals surface area contributed by atoms with Crippen LogP contribution in [-0.4, -0.2) is 20.7 Å². The Kier molecular flexibility index (Phi) is 3.72. The fraction of sp³-hybridized carbons (Fsp3) is 0.500. The predicted molar refractivity (Wildman–Crippen MR) is 77.0 cm³/mol. The Labute approximate surface area is 118 Å². The second kappa shape index (κ2) is 5.65. The summed E-state index contributed by atoms with van der Waals surface area (Å²) >= 11 is 0. The van der Waals surface area contributed by atoms with Gasteiger partial charge >= 0.3 is 5.97 Å². The lowest BCUT2D eigenvalue weighted by molar-refractivity contribution is 0.0699. The average molecular weight is 272 g/mol. The summed E-state index contributed by atoms with van der Waals surface area (Å²) in [7, 11) is 0. The van der Waals surface area contributed by atoms with Crippen LogP contribution in [0, 0.1) is 5.92 Å². The van der Waals surface area contributed by atoms with E-state index in [0.29, 0.717) is 5.52 Å². The van der Waals surface area contributed by atoms with Gasteiger partial charge in [-0.05, 0) is 30.0 Å². The molecule has 4 heteroatoms. The SMILES string of the molecule is O=C(O)c1cnn2ccc(CC3CCCCCC3)cc12. The van der Waals surface area contributed by atoms with Crippen molar-refractivity contribution in [2.45, 2.75) is 44.9 Å². The van der Waals surface area contributed by atoms with Crippen molar-refractivity contribution < 1.29 is 9.90 Å². The third-order valence-electron chi connectivity index (χ3n) is 4.32. The number of rotatable bonds is 3. The molecule has 1 fully saturated rings. The summed E-state index contributed by atoms with van der Waals surface area (Å²) < 4.78 is 1.64. The fourth-order valence-corrected chi connectivity index (χ4v) is 3.22. The number of hydrogen-bond donors (Lipinski definition) is 1. The van der Waals surface area contributed by atoms with Crippen LogP contribution in [0.2, 0.25) is 0 Å². The molecule has 0 bridgehead atoms. The molecule has 2 aromatic rings. The van der Waals surface area contributed by atoms with Crippen LogP contribution in [0.1, 0.15) is 54.4 Å². The molecule has 0 aliphatic heterocycles. The van der Waals surface area contributed by atoms with Gasteiger partial charge in [0.15, 0.2) is 0 Å². The molecule has 3 rings (SSSR count). The van der Waals surface area contributed by atoms with Gasteiger partial charge < -0.3 is 5.11 Å². The molecule has 1 N–H and O–H groups in total. The number of fused-ring (bicyclic) bond motifs is 1. The van der Waals surface area contributed by atoms with Gasteiger partial charge in [0.2, 0.25) is 0 Å². The van der Waals surface area contributed by atoms with Crippen LogP contribution in [0.5, 0.6) is 0 Å². The number of nitrogens with zero attached hydrogens (tertiary/aromatic N) is 2. The van der Waals surface area contributed by atoms with Crippen molar-refractivity contribution in [1.82, 2.24) is 9.61 Å². The molecule has 1 aliphatic rings. The number of carboxylic acid groups (broad SMARTS) is 1. The molecule has 0 radical (unpaired) electrons. The van der Waals surface area contributed by atoms with Gasteiger partial charge in [0, 0.05) is 6.20 Å². The molecule has 0 amide bonds. The first kappa shape index (κ1) is 13.2. The monoisotopic (exact) mass is 272 g/mol. The highest BCUT2D eigenvalue weighted by atomic mass is 16.4. The van der Waals surface area contributed by atoms with Crippen molar-refractivity contribution >= 4 is 11.5 Å². The van der Waals surface area contributed by atoms with Gasteiger partial charge in [-0.1, -0.05) is 38.5 Å². The fourth-order valence-electron chi connectivity index (χ4n) is 3.22. The maximum Gasteiger partial charge on any atom is 0.339 e. The average Bonchev–Trinajstić information content (AvgIpc) is 2.68. The molecule has 4 nitrogen and oxygen atoms in total. The highest BCUT2D eigenvalue weighted by Gasteiger charge is 2.15. The maximum absolute atomic E-state index is 11.2. The Morgan fingerprint density at radius 1 is 1.30 bits per heavy atom. The summed E-state index contributed by atoms with van der Waals surface area (Å²) in [6, 6.07) is 4.05.